The van der Waals surface area contributed by atoms with Crippen LogP contribution in [0.1, 0.15) is 13.8 Å². The summed E-state index contributed by atoms with van der Waals surface area (Å²) in [6.07, 6.45) is 1.11. The van der Waals surface area contributed by atoms with E-state index in [4.69, 9.17) is 23.2 Å². The van der Waals surface area contributed by atoms with E-state index < -0.39 is 8.07 Å². The first-order valence-electron chi connectivity index (χ1n) is 4.88. The fraction of sp³-hybridized carbons (Fsp3) is 0.500. The minimum atomic E-state index is -1.27. The average molecular weight is 263 g/mol. The quantitative estimate of drug-likeness (QED) is 0.553. The van der Waals surface area contributed by atoms with Gasteiger partial charge < -0.3 is 0 Å². The number of hydrogen-bond acceptors (Lipinski definition) is 0. The molecule has 15 heavy (non-hydrogen) atoms. The molecule has 0 atom stereocenters. The largest absolute Gasteiger partial charge is 0.127 e. The molecular formula is C12H20Cl2Si. The topological polar surface area (TPSA) is 0 Å². The normalized spacial score (nSPS) is 10.9. The van der Waals surface area contributed by atoms with Crippen LogP contribution in [0.25, 0.3) is 0 Å². The lowest BCUT2D eigenvalue weighted by Crippen LogP contribution is -2.40. The highest BCUT2D eigenvalue weighted by atomic mass is 35.5. The molecule has 0 bridgehead atoms. The SMILES string of the molecule is C.C[Si](C)(CCCCl)c1ccc(Cl)cc1. The van der Waals surface area contributed by atoms with E-state index in [-0.39, 0.29) is 7.43 Å². The van der Waals surface area contributed by atoms with Crippen LogP contribution in [-0.2, 0) is 0 Å². The molecule has 1 aromatic carbocycles. The van der Waals surface area contributed by atoms with Crippen LogP contribution >= 0.6 is 23.2 Å². The lowest BCUT2D eigenvalue weighted by Gasteiger charge is -2.22. The van der Waals surface area contributed by atoms with Crippen molar-refractivity contribution in [3.8, 4) is 0 Å². The highest BCUT2D eigenvalue weighted by Crippen LogP contribution is 2.14. The molecule has 0 N–H and O–H groups in total. The zero-order valence-corrected chi connectivity index (χ0v) is 11.2. The maximum atomic E-state index is 5.86. The third-order valence-corrected chi connectivity index (χ3v) is 6.58. The lowest BCUT2D eigenvalue weighted by atomic mass is 10.4. The molecule has 0 aliphatic heterocycles. The van der Waals surface area contributed by atoms with Crippen LogP contribution < -0.4 is 5.19 Å². The van der Waals surface area contributed by atoms with E-state index in [9.17, 15) is 0 Å². The van der Waals surface area contributed by atoms with Crippen molar-refractivity contribution in [1.82, 2.24) is 0 Å². The molecule has 0 unspecified atom stereocenters. The van der Waals surface area contributed by atoms with Crippen molar-refractivity contribution >= 4 is 36.5 Å². The van der Waals surface area contributed by atoms with Crippen molar-refractivity contribution in [2.45, 2.75) is 33.0 Å². The van der Waals surface area contributed by atoms with Gasteiger partial charge in [-0.15, -0.1) is 11.6 Å². The molecule has 1 aromatic rings. The predicted octanol–water partition coefficient (Wildman–Crippen LogP) is 4.52. The van der Waals surface area contributed by atoms with Gasteiger partial charge in [0, 0.05) is 10.9 Å². The van der Waals surface area contributed by atoms with Crippen LogP contribution in [0.2, 0.25) is 24.2 Å². The summed E-state index contributed by atoms with van der Waals surface area (Å²) in [7, 11) is -1.27. The van der Waals surface area contributed by atoms with Gasteiger partial charge in [0.1, 0.15) is 0 Å². The first kappa shape index (κ1) is 15.0. The summed E-state index contributed by atoms with van der Waals surface area (Å²) in [6, 6.07) is 9.52. The number of hydrogen-bond donors (Lipinski definition) is 0. The second-order valence-corrected chi connectivity index (χ2v) is 9.84. The summed E-state index contributed by atoms with van der Waals surface area (Å²) in [4.78, 5) is 0. The Kier molecular flexibility index (Phi) is 6.57. The van der Waals surface area contributed by atoms with Crippen molar-refractivity contribution < 1.29 is 0 Å². The third kappa shape index (κ3) is 4.58. The standard InChI is InChI=1S/C11H16Cl2Si.CH4/c1-14(2,9-3-8-12)11-6-4-10(13)5-7-11;/h4-7H,3,8-9H2,1-2H3;1H4. The monoisotopic (exact) mass is 262 g/mol. The Morgan fingerprint density at radius 1 is 1.13 bits per heavy atom. The smallest absolute Gasteiger partial charge is 0.0806 e. The molecule has 0 heterocycles. The number of alkyl halides is 1. The first-order chi connectivity index (χ1) is 6.56. The Hall–Kier alpha value is 0.0169. The van der Waals surface area contributed by atoms with Crippen LogP contribution in [0.15, 0.2) is 24.3 Å². The maximum absolute atomic E-state index is 5.86. The Bertz CT molecular complexity index is 280. The second kappa shape index (κ2) is 6.57. The molecule has 0 spiro atoms. The molecule has 86 valence electrons. The molecule has 1 rings (SSSR count). The maximum Gasteiger partial charge on any atom is 0.0806 e. The highest BCUT2D eigenvalue weighted by molar-refractivity contribution is 6.89. The summed E-state index contributed by atoms with van der Waals surface area (Å²) in [5.74, 6) is 0.768. The van der Waals surface area contributed by atoms with Crippen LogP contribution in [0.4, 0.5) is 0 Å². The van der Waals surface area contributed by atoms with Crippen molar-refractivity contribution in [3.63, 3.8) is 0 Å². The summed E-state index contributed by atoms with van der Waals surface area (Å²) >= 11 is 11.6. The van der Waals surface area contributed by atoms with Crippen molar-refractivity contribution in [1.29, 1.82) is 0 Å². The predicted molar refractivity (Wildman–Crippen MR) is 75.4 cm³/mol. The van der Waals surface area contributed by atoms with Gasteiger partial charge in [-0.25, -0.2) is 0 Å². The van der Waals surface area contributed by atoms with E-state index in [0.29, 0.717) is 0 Å². The summed E-state index contributed by atoms with van der Waals surface area (Å²) in [5, 5.41) is 2.28. The highest BCUT2D eigenvalue weighted by Gasteiger charge is 2.22. The molecule has 0 amide bonds. The molecule has 0 aliphatic carbocycles. The van der Waals surface area contributed by atoms with E-state index in [2.05, 4.69) is 25.2 Å². The third-order valence-electron chi connectivity index (χ3n) is 2.56. The van der Waals surface area contributed by atoms with Crippen molar-refractivity contribution in [2.24, 2.45) is 0 Å². The molecule has 0 saturated heterocycles. The van der Waals surface area contributed by atoms with E-state index in [1.165, 1.54) is 11.2 Å². The Labute approximate surface area is 105 Å². The van der Waals surface area contributed by atoms with E-state index in [0.717, 1.165) is 17.3 Å². The van der Waals surface area contributed by atoms with E-state index in [1.807, 2.05) is 12.1 Å². The first-order valence-corrected chi connectivity index (χ1v) is 9.00. The molecule has 3 heteroatoms. The van der Waals surface area contributed by atoms with Gasteiger partial charge in [0.2, 0.25) is 0 Å². The molecular weight excluding hydrogens is 243 g/mol. The molecule has 0 aliphatic rings. The van der Waals surface area contributed by atoms with Crippen molar-refractivity contribution in [3.05, 3.63) is 29.3 Å². The molecule has 0 fully saturated rings. The van der Waals surface area contributed by atoms with Crippen molar-refractivity contribution in [2.75, 3.05) is 5.88 Å². The minimum Gasteiger partial charge on any atom is -0.127 e. The second-order valence-electron chi connectivity index (χ2n) is 4.18. The zero-order valence-electron chi connectivity index (χ0n) is 8.69. The van der Waals surface area contributed by atoms with Gasteiger partial charge in [-0.05, 0) is 18.6 Å². The fourth-order valence-corrected chi connectivity index (χ4v) is 4.46. The lowest BCUT2D eigenvalue weighted by molar-refractivity contribution is 1.06. The molecule has 0 saturated carbocycles. The summed E-state index contributed by atoms with van der Waals surface area (Å²) in [6.45, 7) is 4.76. The fourth-order valence-electron chi connectivity index (χ4n) is 1.55. The van der Waals surface area contributed by atoms with Gasteiger partial charge in [0.25, 0.3) is 0 Å². The summed E-state index contributed by atoms with van der Waals surface area (Å²) in [5.41, 5.74) is 0. The Morgan fingerprint density at radius 2 is 1.67 bits per heavy atom. The van der Waals surface area contributed by atoms with Crippen LogP contribution in [0.3, 0.4) is 0 Å². The van der Waals surface area contributed by atoms with Gasteiger partial charge in [-0.2, -0.15) is 0 Å². The minimum absolute atomic E-state index is 0. The number of rotatable bonds is 4. The van der Waals surface area contributed by atoms with Crippen LogP contribution in [-0.4, -0.2) is 14.0 Å². The molecule has 0 radical (unpaired) electrons. The van der Waals surface area contributed by atoms with E-state index in [1.54, 1.807) is 0 Å². The van der Waals surface area contributed by atoms with Gasteiger partial charge in [-0.3, -0.25) is 0 Å². The average Bonchev–Trinajstić information content (AvgIpc) is 2.16. The Morgan fingerprint density at radius 3 is 2.13 bits per heavy atom. The zero-order chi connectivity index (χ0) is 10.6. The van der Waals surface area contributed by atoms with Gasteiger partial charge >= 0.3 is 0 Å². The summed E-state index contributed by atoms with van der Waals surface area (Å²) < 4.78 is 0. The number of halogens is 2. The Balaban J connectivity index is 0.00000196. The van der Waals surface area contributed by atoms with Gasteiger partial charge in [-0.1, -0.05) is 55.5 Å². The van der Waals surface area contributed by atoms with E-state index >= 15 is 0 Å². The molecule has 0 aromatic heterocycles. The number of benzene rings is 1. The molecule has 0 nitrogen and oxygen atoms in total. The van der Waals surface area contributed by atoms with Gasteiger partial charge in [0.15, 0.2) is 0 Å². The van der Waals surface area contributed by atoms with Gasteiger partial charge in [0.05, 0.1) is 8.07 Å². The van der Waals surface area contributed by atoms with Crippen LogP contribution in [0, 0.1) is 0 Å². The van der Waals surface area contributed by atoms with Crippen LogP contribution in [0.5, 0.6) is 0 Å².